The molecule has 3 amide bonds. The molecule has 0 bridgehead atoms. The van der Waals surface area contributed by atoms with Crippen molar-refractivity contribution < 1.29 is 19.1 Å². The summed E-state index contributed by atoms with van der Waals surface area (Å²) in [5.41, 5.74) is -0.683. The zero-order valence-electron chi connectivity index (χ0n) is 16.5. The Bertz CT molecular complexity index is 694. The van der Waals surface area contributed by atoms with Crippen LogP contribution >= 0.6 is 22.9 Å². The SMILES string of the molecule is CC(C)(C)OC(=O)N[C@@H](CNC(=O)c1ccc(Cl)s1)C(=O)N1CCCCCC1. The number of likely N-dealkylation sites (tertiary alicyclic amines) is 1. The number of nitrogens with one attached hydrogen (secondary N) is 2. The Morgan fingerprint density at radius 3 is 2.36 bits per heavy atom. The highest BCUT2D eigenvalue weighted by atomic mass is 35.5. The minimum atomic E-state index is -0.896. The molecule has 0 radical (unpaired) electrons. The minimum absolute atomic E-state index is 0.0249. The largest absolute Gasteiger partial charge is 0.444 e. The quantitative estimate of drug-likeness (QED) is 0.750. The topological polar surface area (TPSA) is 87.7 Å². The van der Waals surface area contributed by atoms with Gasteiger partial charge < -0.3 is 20.3 Å². The third-order valence-electron chi connectivity index (χ3n) is 4.17. The van der Waals surface area contributed by atoms with E-state index < -0.39 is 17.7 Å². The zero-order chi connectivity index (χ0) is 20.7. The normalized spacial score (nSPS) is 16.1. The Balaban J connectivity index is 2.04. The predicted molar refractivity (Wildman–Crippen MR) is 110 cm³/mol. The summed E-state index contributed by atoms with van der Waals surface area (Å²) in [6.07, 6.45) is 3.36. The lowest BCUT2D eigenvalue weighted by Crippen LogP contribution is -2.54. The Kier molecular flexibility index (Phi) is 8.12. The summed E-state index contributed by atoms with van der Waals surface area (Å²) in [4.78, 5) is 39.7. The van der Waals surface area contributed by atoms with Gasteiger partial charge in [-0.3, -0.25) is 9.59 Å². The van der Waals surface area contributed by atoms with E-state index in [2.05, 4.69) is 10.6 Å². The maximum absolute atomic E-state index is 13.0. The van der Waals surface area contributed by atoms with Crippen LogP contribution in [0.25, 0.3) is 0 Å². The maximum atomic E-state index is 13.0. The molecule has 2 rings (SSSR count). The monoisotopic (exact) mass is 429 g/mol. The molecule has 1 aromatic rings. The minimum Gasteiger partial charge on any atom is -0.444 e. The van der Waals surface area contributed by atoms with Crippen LogP contribution in [0.5, 0.6) is 0 Å². The highest BCUT2D eigenvalue weighted by molar-refractivity contribution is 7.17. The van der Waals surface area contributed by atoms with Crippen LogP contribution in [0.4, 0.5) is 4.79 Å². The summed E-state index contributed by atoms with van der Waals surface area (Å²) in [6, 6.07) is 2.36. The first-order valence-corrected chi connectivity index (χ1v) is 10.7. The second kappa shape index (κ2) is 10.1. The molecule has 1 aromatic heterocycles. The van der Waals surface area contributed by atoms with Gasteiger partial charge in [0.15, 0.2) is 0 Å². The summed E-state index contributed by atoms with van der Waals surface area (Å²) in [6.45, 7) is 6.53. The van der Waals surface area contributed by atoms with E-state index in [1.165, 1.54) is 0 Å². The molecular weight excluding hydrogens is 402 g/mol. The molecule has 156 valence electrons. The summed E-state index contributed by atoms with van der Waals surface area (Å²) in [5.74, 6) is -0.547. The third kappa shape index (κ3) is 7.31. The van der Waals surface area contributed by atoms with Crippen LogP contribution in [0.3, 0.4) is 0 Å². The van der Waals surface area contributed by atoms with Crippen molar-refractivity contribution in [3.63, 3.8) is 0 Å². The molecule has 0 aromatic carbocycles. The molecular formula is C19H28ClN3O4S. The number of nitrogens with zero attached hydrogens (tertiary/aromatic N) is 1. The van der Waals surface area contributed by atoms with Crippen LogP contribution in [-0.4, -0.2) is 54.1 Å². The molecule has 1 atom stereocenters. The zero-order valence-corrected chi connectivity index (χ0v) is 18.1. The van der Waals surface area contributed by atoms with Gasteiger partial charge in [0.05, 0.1) is 9.21 Å². The van der Waals surface area contributed by atoms with E-state index >= 15 is 0 Å². The standard InChI is InChI=1S/C19H28ClN3O4S/c1-19(2,3)27-18(26)22-13(17(25)23-10-6-4-5-7-11-23)12-21-16(24)14-8-9-15(20)28-14/h8-9,13H,4-7,10-12H2,1-3H3,(H,21,24)(H,22,26)/t13-/m0/s1. The van der Waals surface area contributed by atoms with Crippen LogP contribution in [0, 0.1) is 0 Å². The Labute approximate surface area is 174 Å². The van der Waals surface area contributed by atoms with Gasteiger partial charge in [-0.05, 0) is 45.7 Å². The fraction of sp³-hybridized carbons (Fsp3) is 0.632. The molecule has 0 spiro atoms. The van der Waals surface area contributed by atoms with E-state index in [0.717, 1.165) is 37.0 Å². The number of halogens is 1. The number of thiophene rings is 1. The van der Waals surface area contributed by atoms with Gasteiger partial charge in [0, 0.05) is 19.6 Å². The Morgan fingerprint density at radius 2 is 1.82 bits per heavy atom. The summed E-state index contributed by atoms with van der Waals surface area (Å²) < 4.78 is 5.78. The van der Waals surface area contributed by atoms with Crippen LogP contribution in [-0.2, 0) is 9.53 Å². The van der Waals surface area contributed by atoms with E-state index in [-0.39, 0.29) is 18.4 Å². The van der Waals surface area contributed by atoms with Crippen molar-refractivity contribution in [2.45, 2.75) is 58.1 Å². The average molecular weight is 430 g/mol. The number of ether oxygens (including phenoxy) is 1. The van der Waals surface area contributed by atoms with Crippen molar-refractivity contribution in [2.75, 3.05) is 19.6 Å². The van der Waals surface area contributed by atoms with Crippen molar-refractivity contribution >= 4 is 40.8 Å². The number of hydrogen-bond acceptors (Lipinski definition) is 5. The van der Waals surface area contributed by atoms with E-state index in [9.17, 15) is 14.4 Å². The lowest BCUT2D eigenvalue weighted by atomic mass is 10.2. The Hall–Kier alpha value is -1.80. The highest BCUT2D eigenvalue weighted by Crippen LogP contribution is 2.21. The summed E-state index contributed by atoms with van der Waals surface area (Å²) in [7, 11) is 0. The van der Waals surface area contributed by atoms with Crippen LogP contribution in [0.1, 0.15) is 56.1 Å². The molecule has 28 heavy (non-hydrogen) atoms. The second-order valence-corrected chi connectivity index (χ2v) is 9.47. The molecule has 1 aliphatic rings. The molecule has 7 nitrogen and oxygen atoms in total. The van der Waals surface area contributed by atoms with Crippen LogP contribution in [0.15, 0.2) is 12.1 Å². The van der Waals surface area contributed by atoms with Crippen molar-refractivity contribution in [3.8, 4) is 0 Å². The number of carbonyl (C=O) groups excluding carboxylic acids is 3. The fourth-order valence-electron chi connectivity index (χ4n) is 2.88. The van der Waals surface area contributed by atoms with Gasteiger partial charge in [-0.15, -0.1) is 11.3 Å². The molecule has 9 heteroatoms. The van der Waals surface area contributed by atoms with Gasteiger partial charge in [-0.25, -0.2) is 4.79 Å². The lowest BCUT2D eigenvalue weighted by Gasteiger charge is -2.28. The number of alkyl carbamates (subject to hydrolysis) is 1. The number of rotatable bonds is 5. The van der Waals surface area contributed by atoms with Crippen LogP contribution < -0.4 is 10.6 Å². The van der Waals surface area contributed by atoms with Gasteiger partial charge in [-0.2, -0.15) is 0 Å². The van der Waals surface area contributed by atoms with Gasteiger partial charge in [0.2, 0.25) is 5.91 Å². The Morgan fingerprint density at radius 1 is 1.18 bits per heavy atom. The van der Waals surface area contributed by atoms with E-state index in [1.807, 2.05) is 0 Å². The number of hydrogen-bond donors (Lipinski definition) is 2. The lowest BCUT2D eigenvalue weighted by molar-refractivity contribution is -0.133. The molecule has 1 saturated heterocycles. The molecule has 2 heterocycles. The summed E-state index contributed by atoms with van der Waals surface area (Å²) >= 11 is 7.02. The van der Waals surface area contributed by atoms with E-state index in [1.54, 1.807) is 37.8 Å². The van der Waals surface area contributed by atoms with Gasteiger partial charge in [-0.1, -0.05) is 24.4 Å². The average Bonchev–Trinajstić information content (AvgIpc) is 2.87. The molecule has 1 aliphatic heterocycles. The number of amides is 3. The highest BCUT2D eigenvalue weighted by Gasteiger charge is 2.29. The molecule has 0 aliphatic carbocycles. The third-order valence-corrected chi connectivity index (χ3v) is 5.40. The first-order chi connectivity index (χ1) is 13.2. The molecule has 2 N–H and O–H groups in total. The molecule has 0 saturated carbocycles. The first-order valence-electron chi connectivity index (χ1n) is 9.47. The van der Waals surface area contributed by atoms with Crippen molar-refractivity contribution in [2.24, 2.45) is 0 Å². The van der Waals surface area contributed by atoms with Crippen LogP contribution in [0.2, 0.25) is 4.34 Å². The van der Waals surface area contributed by atoms with Gasteiger partial charge in [0.25, 0.3) is 5.91 Å². The van der Waals surface area contributed by atoms with Crippen molar-refractivity contribution in [1.29, 1.82) is 0 Å². The smallest absolute Gasteiger partial charge is 0.408 e. The van der Waals surface area contributed by atoms with Crippen molar-refractivity contribution in [1.82, 2.24) is 15.5 Å². The fourth-order valence-corrected chi connectivity index (χ4v) is 3.84. The molecule has 0 unspecified atom stereocenters. The van der Waals surface area contributed by atoms with E-state index in [4.69, 9.17) is 16.3 Å². The first kappa shape index (κ1) is 22.5. The predicted octanol–water partition coefficient (Wildman–Crippen LogP) is 3.43. The van der Waals surface area contributed by atoms with Crippen molar-refractivity contribution in [3.05, 3.63) is 21.3 Å². The van der Waals surface area contributed by atoms with Gasteiger partial charge in [0.1, 0.15) is 11.6 Å². The number of carbonyl (C=O) groups is 3. The maximum Gasteiger partial charge on any atom is 0.408 e. The summed E-state index contributed by atoms with van der Waals surface area (Å²) in [5, 5.41) is 5.32. The van der Waals surface area contributed by atoms with Gasteiger partial charge >= 0.3 is 6.09 Å². The second-order valence-electron chi connectivity index (χ2n) is 7.75. The molecule has 1 fully saturated rings. The van der Waals surface area contributed by atoms with E-state index in [0.29, 0.717) is 22.3 Å².